The molecular weight excluding hydrogens is 1160 g/mol. The average molecular weight is 1300 g/mol. The third-order valence-corrected chi connectivity index (χ3v) is 17.9. The molecule has 0 aliphatic rings. The first-order valence-corrected chi connectivity index (χ1v) is 39.0. The van der Waals surface area contributed by atoms with Crippen LogP contribution in [0.1, 0.15) is 350 Å². The van der Waals surface area contributed by atoms with E-state index in [1.54, 1.807) is 0 Å². The van der Waals surface area contributed by atoms with Crippen LogP contribution in [-0.2, 0) is 65.4 Å². The molecule has 2 unspecified atom stereocenters. The molecule has 0 amide bonds. The topological polar surface area (TPSA) is 237 Å². The summed E-state index contributed by atoms with van der Waals surface area (Å²) in [6, 6.07) is 0. The Morgan fingerprint density at radius 2 is 0.523 bits per heavy atom. The van der Waals surface area contributed by atoms with Crippen LogP contribution < -0.4 is 0 Å². The summed E-state index contributed by atoms with van der Waals surface area (Å²) >= 11 is 0. The van der Waals surface area contributed by atoms with E-state index >= 15 is 0 Å². The number of phosphoric acid groups is 2. The van der Waals surface area contributed by atoms with Crippen molar-refractivity contribution in [2.45, 2.75) is 368 Å². The summed E-state index contributed by atoms with van der Waals surface area (Å²) in [7, 11) is -9.89. The van der Waals surface area contributed by atoms with Gasteiger partial charge >= 0.3 is 39.5 Å². The predicted octanol–water partition coefficient (Wildman–Crippen LogP) is 19.6. The standard InChI is InChI=1S/C69H134O17P2/c1-7-9-11-13-14-15-29-35-41-47-53-68(73)85-64(57-79-66(71)51-45-37-12-10-8-2)59-83-87(75,76)81-55-63(70)56-82-88(77,78)84-60-65(58-80-67(72)52-46-40-34-30-25-22-18-20-24-28-33-39-44-50-62(5)6)86-69(74)54-48-42-36-31-26-21-17-16-19-23-27-32-38-43-49-61(3)4/h61-65,70H,7-60H2,1-6H3,(H,75,76)(H,77,78)/t63-,64+,65+/m0/s1. The van der Waals surface area contributed by atoms with E-state index in [0.29, 0.717) is 25.7 Å². The lowest BCUT2D eigenvalue weighted by Gasteiger charge is -2.21. The van der Waals surface area contributed by atoms with E-state index in [2.05, 4.69) is 41.5 Å². The lowest BCUT2D eigenvalue weighted by Crippen LogP contribution is -2.30. The second-order valence-corrected chi connectivity index (χ2v) is 28.8. The van der Waals surface area contributed by atoms with Crippen molar-refractivity contribution in [2.24, 2.45) is 11.8 Å². The summed E-state index contributed by atoms with van der Waals surface area (Å²) in [6.07, 6.45) is 46.2. The second kappa shape index (κ2) is 61.3. The van der Waals surface area contributed by atoms with Crippen molar-refractivity contribution in [1.82, 2.24) is 0 Å². The molecule has 19 heteroatoms. The van der Waals surface area contributed by atoms with Crippen molar-refractivity contribution in [2.75, 3.05) is 39.6 Å². The van der Waals surface area contributed by atoms with Gasteiger partial charge in [0.2, 0.25) is 0 Å². The van der Waals surface area contributed by atoms with E-state index < -0.39 is 97.5 Å². The number of aliphatic hydroxyl groups is 1. The molecule has 0 heterocycles. The Bertz CT molecular complexity index is 1720. The monoisotopic (exact) mass is 1300 g/mol. The van der Waals surface area contributed by atoms with Gasteiger partial charge in [-0.05, 0) is 37.5 Å². The summed E-state index contributed by atoms with van der Waals surface area (Å²) in [5.74, 6) is -0.550. The first-order chi connectivity index (χ1) is 42.4. The Morgan fingerprint density at radius 3 is 0.773 bits per heavy atom. The number of hydrogen-bond acceptors (Lipinski definition) is 15. The van der Waals surface area contributed by atoms with E-state index in [1.165, 1.54) is 161 Å². The highest BCUT2D eigenvalue weighted by atomic mass is 31.2. The minimum Gasteiger partial charge on any atom is -0.462 e. The minimum atomic E-state index is -4.95. The van der Waals surface area contributed by atoms with Crippen LogP contribution in [0, 0.1) is 11.8 Å². The number of ether oxygens (including phenoxy) is 4. The van der Waals surface area contributed by atoms with Gasteiger partial charge in [0, 0.05) is 25.7 Å². The molecule has 0 saturated carbocycles. The lowest BCUT2D eigenvalue weighted by molar-refractivity contribution is -0.161. The van der Waals surface area contributed by atoms with E-state index in [9.17, 15) is 43.2 Å². The van der Waals surface area contributed by atoms with E-state index in [4.69, 9.17) is 37.0 Å². The SMILES string of the molecule is CCCCCCCCCCCCC(=O)O[C@H](COC(=O)CCCCCCC)COP(=O)(O)OC[C@H](O)COP(=O)(O)OC[C@@H](COC(=O)CCCCCCCCCCCCCCCC(C)C)OC(=O)CCCCCCCCCCCCCCCCC(C)C. The average Bonchev–Trinajstić information content (AvgIpc) is 3.49. The predicted molar refractivity (Wildman–Crippen MR) is 354 cm³/mol. The van der Waals surface area contributed by atoms with E-state index in [-0.39, 0.29) is 25.7 Å². The zero-order chi connectivity index (χ0) is 65.0. The molecule has 0 aliphatic heterocycles. The maximum Gasteiger partial charge on any atom is 0.472 e. The van der Waals surface area contributed by atoms with Gasteiger partial charge in [0.1, 0.15) is 19.3 Å². The number of carbonyl (C=O) groups excluding carboxylic acids is 4. The molecule has 17 nitrogen and oxygen atoms in total. The molecule has 0 fully saturated rings. The van der Waals surface area contributed by atoms with Crippen molar-refractivity contribution in [3.63, 3.8) is 0 Å². The van der Waals surface area contributed by atoms with Gasteiger partial charge < -0.3 is 33.8 Å². The van der Waals surface area contributed by atoms with Crippen molar-refractivity contribution in [3.8, 4) is 0 Å². The first kappa shape index (κ1) is 86.1. The normalized spacial score (nSPS) is 14.2. The molecule has 0 bridgehead atoms. The molecule has 0 aliphatic carbocycles. The van der Waals surface area contributed by atoms with Crippen LogP contribution >= 0.6 is 15.6 Å². The third-order valence-electron chi connectivity index (χ3n) is 16.0. The summed E-state index contributed by atoms with van der Waals surface area (Å²) in [5.41, 5.74) is 0. The van der Waals surface area contributed by atoms with Gasteiger partial charge in [-0.3, -0.25) is 37.3 Å². The van der Waals surface area contributed by atoms with Crippen LogP contribution in [0.15, 0.2) is 0 Å². The minimum absolute atomic E-state index is 0.105. The van der Waals surface area contributed by atoms with Crippen molar-refractivity contribution in [1.29, 1.82) is 0 Å². The van der Waals surface area contributed by atoms with Gasteiger partial charge in [-0.25, -0.2) is 9.13 Å². The number of aliphatic hydroxyl groups excluding tert-OH is 1. The first-order valence-electron chi connectivity index (χ1n) is 36.0. The molecule has 0 aromatic rings. The number of unbranched alkanes of at least 4 members (excludes halogenated alkanes) is 38. The Balaban J connectivity index is 5.15. The highest BCUT2D eigenvalue weighted by molar-refractivity contribution is 7.47. The van der Waals surface area contributed by atoms with Gasteiger partial charge in [0.25, 0.3) is 0 Å². The summed E-state index contributed by atoms with van der Waals surface area (Å²) in [6.45, 7) is 9.49. The maximum atomic E-state index is 13.0. The zero-order valence-corrected chi connectivity index (χ0v) is 58.8. The second-order valence-electron chi connectivity index (χ2n) is 25.9. The van der Waals surface area contributed by atoms with Gasteiger partial charge in [0.15, 0.2) is 12.2 Å². The molecule has 3 N–H and O–H groups in total. The van der Waals surface area contributed by atoms with Gasteiger partial charge in [-0.1, -0.05) is 298 Å². The van der Waals surface area contributed by atoms with Crippen LogP contribution in [0.2, 0.25) is 0 Å². The van der Waals surface area contributed by atoms with Gasteiger partial charge in [-0.15, -0.1) is 0 Å². The van der Waals surface area contributed by atoms with E-state index in [0.717, 1.165) is 108 Å². The van der Waals surface area contributed by atoms with Crippen LogP contribution in [-0.4, -0.2) is 96.7 Å². The molecule has 0 radical (unpaired) electrons. The number of hydrogen-bond donors (Lipinski definition) is 3. The maximum absolute atomic E-state index is 13.0. The Kier molecular flexibility index (Phi) is 59.9. The third kappa shape index (κ3) is 62.8. The van der Waals surface area contributed by atoms with Crippen LogP contribution in [0.4, 0.5) is 0 Å². The molecular formula is C69H134O17P2. The molecule has 0 spiro atoms. The summed E-state index contributed by atoms with van der Waals surface area (Å²) in [5, 5.41) is 10.5. The number of esters is 4. The molecule has 0 aromatic heterocycles. The molecule has 0 aromatic carbocycles. The van der Waals surface area contributed by atoms with Gasteiger partial charge in [0.05, 0.1) is 26.4 Å². The largest absolute Gasteiger partial charge is 0.472 e. The fourth-order valence-corrected chi connectivity index (χ4v) is 12.0. The quantitative estimate of drug-likeness (QED) is 0.0222. The molecule has 522 valence electrons. The zero-order valence-electron chi connectivity index (χ0n) is 57.0. The summed E-state index contributed by atoms with van der Waals surface area (Å²) in [4.78, 5) is 72.2. The van der Waals surface area contributed by atoms with Crippen molar-refractivity contribution < 1.29 is 80.2 Å². The molecule has 0 saturated heterocycles. The van der Waals surface area contributed by atoms with Crippen LogP contribution in [0.3, 0.4) is 0 Å². The Labute approximate surface area is 537 Å². The number of rotatable bonds is 68. The van der Waals surface area contributed by atoms with E-state index in [1.807, 2.05) is 0 Å². The van der Waals surface area contributed by atoms with Crippen LogP contribution in [0.5, 0.6) is 0 Å². The Hall–Kier alpha value is -1.94. The smallest absolute Gasteiger partial charge is 0.462 e. The fraction of sp³-hybridized carbons (Fsp3) is 0.942. The highest BCUT2D eigenvalue weighted by Crippen LogP contribution is 2.45. The highest BCUT2D eigenvalue weighted by Gasteiger charge is 2.30. The molecule has 5 atom stereocenters. The van der Waals surface area contributed by atoms with Crippen molar-refractivity contribution >= 4 is 39.5 Å². The van der Waals surface area contributed by atoms with Crippen LogP contribution in [0.25, 0.3) is 0 Å². The summed E-state index contributed by atoms with van der Waals surface area (Å²) < 4.78 is 68.0. The molecule has 88 heavy (non-hydrogen) atoms. The lowest BCUT2D eigenvalue weighted by atomic mass is 10.0. The Morgan fingerprint density at radius 1 is 0.307 bits per heavy atom. The van der Waals surface area contributed by atoms with Crippen molar-refractivity contribution in [3.05, 3.63) is 0 Å². The number of phosphoric ester groups is 2. The van der Waals surface area contributed by atoms with Gasteiger partial charge in [-0.2, -0.15) is 0 Å². The number of carbonyl (C=O) groups is 4. The molecule has 0 rings (SSSR count). The fourth-order valence-electron chi connectivity index (χ4n) is 10.4.